The van der Waals surface area contributed by atoms with E-state index in [1.807, 2.05) is 5.38 Å². The lowest BCUT2D eigenvalue weighted by Crippen LogP contribution is -2.13. The quantitative estimate of drug-likeness (QED) is 0.853. The summed E-state index contributed by atoms with van der Waals surface area (Å²) in [4.78, 5) is 20.8. The van der Waals surface area contributed by atoms with Crippen molar-refractivity contribution in [2.24, 2.45) is 0 Å². The van der Waals surface area contributed by atoms with Gasteiger partial charge in [0, 0.05) is 23.7 Å². The van der Waals surface area contributed by atoms with Gasteiger partial charge in [0.15, 0.2) is 5.13 Å². The van der Waals surface area contributed by atoms with Gasteiger partial charge in [-0.15, -0.1) is 11.3 Å². The van der Waals surface area contributed by atoms with E-state index in [9.17, 15) is 4.79 Å². The Morgan fingerprint density at radius 3 is 2.90 bits per heavy atom. The molecule has 21 heavy (non-hydrogen) atoms. The van der Waals surface area contributed by atoms with Crippen LogP contribution in [0.2, 0.25) is 0 Å². The highest BCUT2D eigenvalue weighted by Gasteiger charge is 2.11. The number of amides is 1. The smallest absolute Gasteiger partial charge is 0.257 e. The van der Waals surface area contributed by atoms with Crippen molar-refractivity contribution in [2.45, 2.75) is 33.1 Å². The zero-order valence-corrected chi connectivity index (χ0v) is 13.3. The number of anilines is 2. The molecule has 0 spiro atoms. The third kappa shape index (κ3) is 4.26. The summed E-state index contributed by atoms with van der Waals surface area (Å²) in [6.45, 7) is 7.07. The summed E-state index contributed by atoms with van der Waals surface area (Å²) in [6, 6.07) is 3.45. The molecule has 0 saturated carbocycles. The van der Waals surface area contributed by atoms with Crippen molar-refractivity contribution in [3.63, 3.8) is 0 Å². The van der Waals surface area contributed by atoms with Crippen LogP contribution >= 0.6 is 11.3 Å². The summed E-state index contributed by atoms with van der Waals surface area (Å²) >= 11 is 1.44. The lowest BCUT2D eigenvalue weighted by atomic mass is 10.2. The van der Waals surface area contributed by atoms with E-state index in [0.29, 0.717) is 22.4 Å². The highest BCUT2D eigenvalue weighted by atomic mass is 32.1. The highest BCUT2D eigenvalue weighted by molar-refractivity contribution is 7.14. The second-order valence-electron chi connectivity index (χ2n) is 5.04. The molecule has 2 aromatic heterocycles. The maximum Gasteiger partial charge on any atom is 0.257 e. The minimum absolute atomic E-state index is 0.165. The van der Waals surface area contributed by atoms with Crippen molar-refractivity contribution in [2.75, 3.05) is 17.2 Å². The van der Waals surface area contributed by atoms with Gasteiger partial charge in [-0.1, -0.05) is 20.8 Å². The standard InChI is InChI=1S/C15H20N4OS/c1-4-6-16-13-8-11(5-7-17-13)14(20)19-15-18-12(9-21-15)10(2)3/h5,7-10H,4,6H2,1-3H3,(H,16,17)(H,18,19,20). The van der Waals surface area contributed by atoms with Gasteiger partial charge in [-0.2, -0.15) is 0 Å². The number of rotatable bonds is 6. The fourth-order valence-corrected chi connectivity index (χ4v) is 2.57. The maximum absolute atomic E-state index is 12.2. The number of pyridine rings is 1. The van der Waals surface area contributed by atoms with Crippen LogP contribution < -0.4 is 10.6 Å². The molecule has 0 unspecified atom stereocenters. The number of carbonyl (C=O) groups is 1. The number of hydrogen-bond donors (Lipinski definition) is 2. The van der Waals surface area contributed by atoms with E-state index in [1.54, 1.807) is 18.3 Å². The van der Waals surface area contributed by atoms with Crippen molar-refractivity contribution in [3.05, 3.63) is 35.0 Å². The third-order valence-corrected chi connectivity index (χ3v) is 3.69. The monoisotopic (exact) mass is 304 g/mol. The molecule has 0 aliphatic rings. The first-order valence-corrected chi connectivity index (χ1v) is 7.94. The molecule has 2 heterocycles. The second-order valence-corrected chi connectivity index (χ2v) is 5.90. The predicted molar refractivity (Wildman–Crippen MR) is 87.2 cm³/mol. The number of thiazole rings is 1. The molecule has 0 aliphatic heterocycles. The Bertz CT molecular complexity index is 609. The van der Waals surface area contributed by atoms with Gasteiger partial charge in [0.2, 0.25) is 0 Å². The molecule has 0 aromatic carbocycles. The SMILES string of the molecule is CCCNc1cc(C(=O)Nc2nc(C(C)C)cs2)ccn1. The third-order valence-electron chi connectivity index (χ3n) is 2.91. The van der Waals surface area contributed by atoms with Gasteiger partial charge in [0.25, 0.3) is 5.91 Å². The number of carbonyl (C=O) groups excluding carboxylic acids is 1. The molecule has 6 heteroatoms. The van der Waals surface area contributed by atoms with E-state index in [0.717, 1.165) is 18.7 Å². The van der Waals surface area contributed by atoms with E-state index in [1.165, 1.54) is 11.3 Å². The van der Waals surface area contributed by atoms with Crippen LogP contribution in [0.4, 0.5) is 10.9 Å². The van der Waals surface area contributed by atoms with E-state index in [2.05, 4.69) is 41.4 Å². The molecule has 2 aromatic rings. The summed E-state index contributed by atoms with van der Waals surface area (Å²) in [5.74, 6) is 0.908. The molecular weight excluding hydrogens is 284 g/mol. The Morgan fingerprint density at radius 2 is 2.24 bits per heavy atom. The molecule has 1 amide bonds. The van der Waals surface area contributed by atoms with E-state index in [4.69, 9.17) is 0 Å². The van der Waals surface area contributed by atoms with Crippen LogP contribution in [-0.2, 0) is 0 Å². The lowest BCUT2D eigenvalue weighted by Gasteiger charge is -2.06. The fraction of sp³-hybridized carbons (Fsp3) is 0.400. The Balaban J connectivity index is 2.05. The first-order valence-electron chi connectivity index (χ1n) is 7.07. The molecule has 0 radical (unpaired) electrons. The summed E-state index contributed by atoms with van der Waals surface area (Å²) in [5.41, 5.74) is 1.57. The van der Waals surface area contributed by atoms with Crippen molar-refractivity contribution < 1.29 is 4.79 Å². The van der Waals surface area contributed by atoms with Crippen molar-refractivity contribution >= 4 is 28.2 Å². The van der Waals surface area contributed by atoms with Crippen LogP contribution in [0.15, 0.2) is 23.7 Å². The Labute approximate surface area is 128 Å². The minimum atomic E-state index is -0.165. The number of nitrogens with zero attached hydrogens (tertiary/aromatic N) is 2. The molecule has 112 valence electrons. The zero-order chi connectivity index (χ0) is 15.2. The molecule has 0 saturated heterocycles. The van der Waals surface area contributed by atoms with Crippen molar-refractivity contribution in [1.29, 1.82) is 0 Å². The van der Waals surface area contributed by atoms with Gasteiger partial charge in [0.1, 0.15) is 5.82 Å². The summed E-state index contributed by atoms with van der Waals surface area (Å²) in [6.07, 6.45) is 2.64. The van der Waals surface area contributed by atoms with Crippen LogP contribution in [0.25, 0.3) is 0 Å². The molecule has 2 N–H and O–H groups in total. The van der Waals surface area contributed by atoms with Crippen molar-refractivity contribution in [1.82, 2.24) is 9.97 Å². The van der Waals surface area contributed by atoms with Gasteiger partial charge in [-0.3, -0.25) is 10.1 Å². The Kier molecular flexibility index (Phi) is 5.27. The van der Waals surface area contributed by atoms with E-state index < -0.39 is 0 Å². The van der Waals surface area contributed by atoms with Crippen molar-refractivity contribution in [3.8, 4) is 0 Å². The highest BCUT2D eigenvalue weighted by Crippen LogP contribution is 2.22. The van der Waals surface area contributed by atoms with Crippen LogP contribution in [-0.4, -0.2) is 22.4 Å². The average Bonchev–Trinajstić information content (AvgIpc) is 2.94. The largest absolute Gasteiger partial charge is 0.370 e. The van der Waals surface area contributed by atoms with Gasteiger partial charge in [-0.05, 0) is 24.5 Å². The molecular formula is C15H20N4OS. The van der Waals surface area contributed by atoms with Gasteiger partial charge < -0.3 is 5.32 Å². The number of nitrogens with one attached hydrogen (secondary N) is 2. The van der Waals surface area contributed by atoms with Crippen LogP contribution in [0.1, 0.15) is 49.2 Å². The number of hydrogen-bond acceptors (Lipinski definition) is 5. The summed E-state index contributed by atoms with van der Waals surface area (Å²) in [7, 11) is 0. The predicted octanol–water partition coefficient (Wildman–Crippen LogP) is 3.74. The van der Waals surface area contributed by atoms with Crippen LogP contribution in [0.3, 0.4) is 0 Å². The molecule has 0 aliphatic carbocycles. The normalized spacial score (nSPS) is 10.7. The lowest BCUT2D eigenvalue weighted by molar-refractivity contribution is 0.102. The maximum atomic E-state index is 12.2. The first kappa shape index (κ1) is 15.4. The molecule has 0 fully saturated rings. The van der Waals surface area contributed by atoms with E-state index >= 15 is 0 Å². The van der Waals surface area contributed by atoms with E-state index in [-0.39, 0.29) is 5.91 Å². The van der Waals surface area contributed by atoms with Crippen LogP contribution in [0, 0.1) is 0 Å². The minimum Gasteiger partial charge on any atom is -0.370 e. The number of aromatic nitrogens is 2. The molecule has 0 bridgehead atoms. The molecule has 5 nitrogen and oxygen atoms in total. The van der Waals surface area contributed by atoms with Gasteiger partial charge in [-0.25, -0.2) is 9.97 Å². The van der Waals surface area contributed by atoms with Crippen LogP contribution in [0.5, 0.6) is 0 Å². The molecule has 2 rings (SSSR count). The second kappa shape index (κ2) is 7.17. The first-order chi connectivity index (χ1) is 10.1. The Hall–Kier alpha value is -1.95. The average molecular weight is 304 g/mol. The topological polar surface area (TPSA) is 66.9 Å². The van der Waals surface area contributed by atoms with Gasteiger partial charge in [0.05, 0.1) is 5.69 Å². The fourth-order valence-electron chi connectivity index (χ4n) is 1.70. The zero-order valence-electron chi connectivity index (χ0n) is 12.5. The summed E-state index contributed by atoms with van der Waals surface area (Å²) < 4.78 is 0. The van der Waals surface area contributed by atoms with Gasteiger partial charge >= 0.3 is 0 Å². The summed E-state index contributed by atoms with van der Waals surface area (Å²) in [5, 5.41) is 8.60. The Morgan fingerprint density at radius 1 is 1.43 bits per heavy atom. The molecule has 0 atom stereocenters.